The van der Waals surface area contributed by atoms with Crippen LogP contribution in [0, 0.1) is 5.92 Å². The number of hydrogen-bond acceptors (Lipinski definition) is 4. The summed E-state index contributed by atoms with van der Waals surface area (Å²) in [5.74, 6) is 1.74. The lowest BCUT2D eigenvalue weighted by Crippen LogP contribution is -2.40. The van der Waals surface area contributed by atoms with Gasteiger partial charge in [0.25, 0.3) is 0 Å². The zero-order valence-corrected chi connectivity index (χ0v) is 16.8. The number of rotatable bonds is 9. The van der Waals surface area contributed by atoms with E-state index in [-0.39, 0.29) is 5.75 Å². The van der Waals surface area contributed by atoms with Gasteiger partial charge in [0.05, 0.1) is 6.54 Å². The number of benzene rings is 1. The minimum atomic E-state index is -4.69. The predicted molar refractivity (Wildman–Crippen MR) is 105 cm³/mol. The van der Waals surface area contributed by atoms with E-state index in [0.717, 1.165) is 24.4 Å². The Hall–Kier alpha value is -2.78. The fourth-order valence-corrected chi connectivity index (χ4v) is 2.48. The van der Waals surface area contributed by atoms with E-state index in [1.165, 1.54) is 12.1 Å². The zero-order valence-electron chi connectivity index (χ0n) is 16.8. The van der Waals surface area contributed by atoms with Crippen LogP contribution in [0.3, 0.4) is 0 Å². The van der Waals surface area contributed by atoms with E-state index >= 15 is 0 Å². The van der Waals surface area contributed by atoms with Gasteiger partial charge in [0.2, 0.25) is 0 Å². The molecule has 0 aliphatic carbocycles. The van der Waals surface area contributed by atoms with Crippen LogP contribution in [-0.4, -0.2) is 40.2 Å². The van der Waals surface area contributed by atoms with E-state index in [9.17, 15) is 13.2 Å². The molecule has 0 bridgehead atoms. The van der Waals surface area contributed by atoms with E-state index in [1.54, 1.807) is 18.5 Å². The van der Waals surface area contributed by atoms with Gasteiger partial charge in [-0.05, 0) is 23.6 Å². The van der Waals surface area contributed by atoms with Crippen molar-refractivity contribution in [3.8, 4) is 5.75 Å². The molecule has 2 N–H and O–H groups in total. The standard InChI is InChI=1S/C19H27F3N6O/c1-4-17-27-26-13-28(17)10-9-23-18(24-11-14(2)3)25-12-15-5-7-16(8-6-15)29-19(20,21)22/h5-8,13-14H,4,9-12H2,1-3H3,(H2,23,24,25). The van der Waals surface area contributed by atoms with Crippen molar-refractivity contribution in [2.24, 2.45) is 10.9 Å². The maximum Gasteiger partial charge on any atom is 0.573 e. The van der Waals surface area contributed by atoms with Gasteiger partial charge < -0.3 is 19.9 Å². The fraction of sp³-hybridized carbons (Fsp3) is 0.526. The second kappa shape index (κ2) is 10.7. The van der Waals surface area contributed by atoms with Gasteiger partial charge in [-0.15, -0.1) is 23.4 Å². The molecule has 160 valence electrons. The van der Waals surface area contributed by atoms with E-state index in [1.807, 2.05) is 11.5 Å². The molecule has 1 aromatic carbocycles. The van der Waals surface area contributed by atoms with Gasteiger partial charge in [-0.3, -0.25) is 0 Å². The number of hydrogen-bond donors (Lipinski definition) is 2. The van der Waals surface area contributed by atoms with Crippen LogP contribution >= 0.6 is 0 Å². The first-order chi connectivity index (χ1) is 13.8. The molecular weight excluding hydrogens is 385 g/mol. The van der Waals surface area contributed by atoms with Gasteiger partial charge >= 0.3 is 6.36 Å². The van der Waals surface area contributed by atoms with Crippen molar-refractivity contribution in [2.45, 2.75) is 46.6 Å². The normalized spacial score (nSPS) is 12.3. The third-order valence-corrected chi connectivity index (χ3v) is 3.91. The Kier molecular flexibility index (Phi) is 8.29. The van der Waals surface area contributed by atoms with E-state index in [2.05, 4.69) is 44.4 Å². The highest BCUT2D eigenvalue weighted by Gasteiger charge is 2.30. The Balaban J connectivity index is 1.94. The highest BCUT2D eigenvalue weighted by molar-refractivity contribution is 5.79. The quantitative estimate of drug-likeness (QED) is 0.489. The zero-order chi connectivity index (χ0) is 21.3. The predicted octanol–water partition coefficient (Wildman–Crippen LogP) is 3.13. The van der Waals surface area contributed by atoms with Gasteiger partial charge in [-0.1, -0.05) is 32.9 Å². The van der Waals surface area contributed by atoms with Crippen LogP contribution in [0.5, 0.6) is 5.75 Å². The lowest BCUT2D eigenvalue weighted by atomic mass is 10.2. The summed E-state index contributed by atoms with van der Waals surface area (Å²) < 4.78 is 42.6. The highest BCUT2D eigenvalue weighted by atomic mass is 19.4. The van der Waals surface area contributed by atoms with Crippen molar-refractivity contribution >= 4 is 5.96 Å². The lowest BCUT2D eigenvalue weighted by Gasteiger charge is -2.15. The summed E-state index contributed by atoms with van der Waals surface area (Å²) in [5.41, 5.74) is 0.775. The smallest absolute Gasteiger partial charge is 0.406 e. The molecule has 2 aromatic rings. The maximum atomic E-state index is 12.2. The average molecular weight is 412 g/mol. The summed E-state index contributed by atoms with van der Waals surface area (Å²) in [4.78, 5) is 4.52. The molecule has 0 aliphatic rings. The van der Waals surface area contributed by atoms with Crippen LogP contribution in [-0.2, 0) is 19.5 Å². The molecular formula is C19H27F3N6O. The number of nitrogens with one attached hydrogen (secondary N) is 2. The maximum absolute atomic E-state index is 12.2. The summed E-state index contributed by atoms with van der Waals surface area (Å²) in [5, 5.41) is 14.5. The van der Waals surface area contributed by atoms with Gasteiger partial charge in [0.15, 0.2) is 5.96 Å². The first-order valence-electron chi connectivity index (χ1n) is 9.50. The number of aromatic nitrogens is 3. The molecule has 0 aliphatic heterocycles. The Bertz CT molecular complexity index is 771. The van der Waals surface area contributed by atoms with Crippen molar-refractivity contribution in [2.75, 3.05) is 13.1 Å². The first-order valence-corrected chi connectivity index (χ1v) is 9.50. The van der Waals surface area contributed by atoms with Crippen molar-refractivity contribution in [1.82, 2.24) is 25.4 Å². The number of aryl methyl sites for hydroxylation is 1. The third kappa shape index (κ3) is 8.41. The van der Waals surface area contributed by atoms with Crippen molar-refractivity contribution in [1.29, 1.82) is 0 Å². The molecule has 0 atom stereocenters. The minimum absolute atomic E-state index is 0.248. The summed E-state index contributed by atoms with van der Waals surface area (Å²) in [6.07, 6.45) is -2.19. The van der Waals surface area contributed by atoms with E-state index in [0.29, 0.717) is 31.5 Å². The van der Waals surface area contributed by atoms with Crippen LogP contribution in [0.4, 0.5) is 13.2 Å². The molecule has 0 saturated heterocycles. The Morgan fingerprint density at radius 3 is 2.55 bits per heavy atom. The first kappa shape index (κ1) is 22.5. The number of aliphatic imine (C=N–C) groups is 1. The molecule has 0 fully saturated rings. The number of ether oxygens (including phenoxy) is 1. The number of nitrogens with zero attached hydrogens (tertiary/aromatic N) is 4. The largest absolute Gasteiger partial charge is 0.573 e. The molecule has 0 unspecified atom stereocenters. The molecule has 0 saturated carbocycles. The molecule has 1 aromatic heterocycles. The summed E-state index contributed by atoms with van der Waals surface area (Å²) in [6, 6.07) is 5.70. The molecule has 7 nitrogen and oxygen atoms in total. The third-order valence-electron chi connectivity index (χ3n) is 3.91. The van der Waals surface area contributed by atoms with Crippen LogP contribution in [0.25, 0.3) is 0 Å². The molecule has 10 heteroatoms. The van der Waals surface area contributed by atoms with Crippen molar-refractivity contribution < 1.29 is 17.9 Å². The van der Waals surface area contributed by atoms with Crippen molar-refractivity contribution in [3.05, 3.63) is 42.0 Å². The van der Waals surface area contributed by atoms with E-state index in [4.69, 9.17) is 0 Å². The average Bonchev–Trinajstić information content (AvgIpc) is 3.11. The lowest BCUT2D eigenvalue weighted by molar-refractivity contribution is -0.274. The molecule has 29 heavy (non-hydrogen) atoms. The number of halogens is 3. The summed E-state index contributed by atoms with van der Waals surface area (Å²) >= 11 is 0. The van der Waals surface area contributed by atoms with Crippen molar-refractivity contribution in [3.63, 3.8) is 0 Å². The Labute approximate surface area is 168 Å². The van der Waals surface area contributed by atoms with Gasteiger partial charge in [0.1, 0.15) is 17.9 Å². The molecule has 0 amide bonds. The summed E-state index contributed by atoms with van der Waals surface area (Å²) in [7, 11) is 0. The minimum Gasteiger partial charge on any atom is -0.406 e. The fourth-order valence-electron chi connectivity index (χ4n) is 2.48. The molecule has 0 radical (unpaired) electrons. The molecule has 0 spiro atoms. The highest BCUT2D eigenvalue weighted by Crippen LogP contribution is 2.22. The van der Waals surface area contributed by atoms with Gasteiger partial charge in [-0.25, -0.2) is 4.99 Å². The Morgan fingerprint density at radius 2 is 1.93 bits per heavy atom. The van der Waals surface area contributed by atoms with Gasteiger partial charge in [0, 0.05) is 26.1 Å². The summed E-state index contributed by atoms with van der Waals surface area (Å²) in [6.45, 7) is 8.61. The van der Waals surface area contributed by atoms with Crippen LogP contribution in [0.1, 0.15) is 32.2 Å². The van der Waals surface area contributed by atoms with E-state index < -0.39 is 6.36 Å². The van der Waals surface area contributed by atoms with Crippen LogP contribution in [0.2, 0.25) is 0 Å². The topological polar surface area (TPSA) is 76.4 Å². The van der Waals surface area contributed by atoms with Crippen LogP contribution in [0.15, 0.2) is 35.6 Å². The SMILES string of the molecule is CCc1nncn1CCNC(=NCc1ccc(OC(F)(F)F)cc1)NCC(C)C. The number of guanidine groups is 1. The second-order valence-electron chi connectivity index (χ2n) is 6.85. The van der Waals surface area contributed by atoms with Crippen LogP contribution < -0.4 is 15.4 Å². The van der Waals surface area contributed by atoms with Gasteiger partial charge in [-0.2, -0.15) is 0 Å². The molecule has 1 heterocycles. The Morgan fingerprint density at radius 1 is 1.21 bits per heavy atom. The second-order valence-corrected chi connectivity index (χ2v) is 6.85. The monoisotopic (exact) mass is 412 g/mol. The number of alkyl halides is 3. The molecule has 2 rings (SSSR count).